The van der Waals surface area contributed by atoms with E-state index < -0.39 is 41.4 Å². The van der Waals surface area contributed by atoms with E-state index in [2.05, 4.69) is 4.74 Å². The molecule has 1 aliphatic heterocycles. The van der Waals surface area contributed by atoms with Crippen molar-refractivity contribution in [3.8, 4) is 11.5 Å². The lowest BCUT2D eigenvalue weighted by Gasteiger charge is -2.25. The first-order chi connectivity index (χ1) is 16.6. The van der Waals surface area contributed by atoms with Crippen LogP contribution in [0.2, 0.25) is 0 Å². The number of anilines is 1. The summed E-state index contributed by atoms with van der Waals surface area (Å²) in [6, 6.07) is 14.2. The number of carbonyl (C=O) groups excluding carboxylic acids is 2. The lowest BCUT2D eigenvalue weighted by molar-refractivity contribution is -0.274. The Kier molecular flexibility index (Phi) is 6.21. The number of ketones is 1. The van der Waals surface area contributed by atoms with Crippen LogP contribution >= 0.6 is 0 Å². The highest BCUT2D eigenvalue weighted by Crippen LogP contribution is 2.42. The summed E-state index contributed by atoms with van der Waals surface area (Å²) >= 11 is 0. The number of Topliss-reactive ketones (excluding diaryl/α,β-unsaturated/α-hetero) is 1. The largest absolute Gasteiger partial charge is 0.573 e. The van der Waals surface area contributed by atoms with Gasteiger partial charge in [0, 0.05) is 11.3 Å². The highest BCUT2D eigenvalue weighted by molar-refractivity contribution is 6.51. The Morgan fingerprint density at radius 2 is 1.46 bits per heavy atom. The van der Waals surface area contributed by atoms with Gasteiger partial charge < -0.3 is 14.6 Å². The summed E-state index contributed by atoms with van der Waals surface area (Å²) in [5, 5.41) is 11.0. The summed E-state index contributed by atoms with van der Waals surface area (Å²) in [5.41, 5.74) is 0.341. The molecule has 1 saturated heterocycles. The highest BCUT2D eigenvalue weighted by Gasteiger charge is 2.47. The standard InChI is InChI=1S/C25H17F4NO5/c1-34-18-10-4-15(5-11-18)22(31)20-21(14-2-6-16(26)7-3-14)30(24(33)23(20)32)17-8-12-19(13-9-17)35-25(27,28)29/h2-13,21,31H,1H3/b22-20-. The van der Waals surface area contributed by atoms with Crippen LogP contribution in [0.15, 0.2) is 78.4 Å². The number of hydrogen-bond donors (Lipinski definition) is 1. The summed E-state index contributed by atoms with van der Waals surface area (Å²) in [6.45, 7) is 0. The van der Waals surface area contributed by atoms with Crippen molar-refractivity contribution in [2.45, 2.75) is 12.4 Å². The normalized spacial score (nSPS) is 17.5. The molecule has 10 heteroatoms. The Morgan fingerprint density at radius 1 is 0.886 bits per heavy atom. The van der Waals surface area contributed by atoms with E-state index in [1.807, 2.05) is 0 Å². The van der Waals surface area contributed by atoms with Gasteiger partial charge in [0.2, 0.25) is 0 Å². The van der Waals surface area contributed by atoms with Gasteiger partial charge in [0.05, 0.1) is 18.7 Å². The van der Waals surface area contributed by atoms with E-state index in [-0.39, 0.29) is 16.8 Å². The van der Waals surface area contributed by atoms with Crippen LogP contribution in [0.1, 0.15) is 17.2 Å². The third kappa shape index (κ3) is 4.81. The van der Waals surface area contributed by atoms with Crippen LogP contribution in [0.25, 0.3) is 5.76 Å². The maximum absolute atomic E-state index is 13.6. The number of benzene rings is 3. The van der Waals surface area contributed by atoms with E-state index in [4.69, 9.17) is 4.74 Å². The molecule has 0 aromatic heterocycles. The molecule has 1 atom stereocenters. The smallest absolute Gasteiger partial charge is 0.507 e. The van der Waals surface area contributed by atoms with Crippen molar-refractivity contribution >= 4 is 23.1 Å². The van der Waals surface area contributed by atoms with Crippen molar-refractivity contribution in [2.75, 3.05) is 12.0 Å². The second kappa shape index (κ2) is 9.13. The maximum atomic E-state index is 13.6. The number of aliphatic hydroxyl groups is 1. The molecular formula is C25H17F4NO5. The molecule has 1 fully saturated rings. The first-order valence-electron chi connectivity index (χ1n) is 10.2. The van der Waals surface area contributed by atoms with Gasteiger partial charge in [-0.05, 0) is 66.2 Å². The van der Waals surface area contributed by atoms with Gasteiger partial charge in [0.25, 0.3) is 11.7 Å². The zero-order valence-electron chi connectivity index (χ0n) is 18.0. The highest BCUT2D eigenvalue weighted by atomic mass is 19.4. The second-order valence-electron chi connectivity index (χ2n) is 7.49. The molecule has 3 aromatic carbocycles. The predicted octanol–water partition coefficient (Wildman–Crippen LogP) is 5.36. The molecule has 180 valence electrons. The number of amides is 1. The monoisotopic (exact) mass is 487 g/mol. The molecular weight excluding hydrogens is 470 g/mol. The van der Waals surface area contributed by atoms with Crippen molar-refractivity contribution in [3.63, 3.8) is 0 Å². The summed E-state index contributed by atoms with van der Waals surface area (Å²) in [4.78, 5) is 27.1. The van der Waals surface area contributed by atoms with Crippen molar-refractivity contribution in [3.05, 3.63) is 95.3 Å². The van der Waals surface area contributed by atoms with E-state index in [1.165, 1.54) is 43.5 Å². The van der Waals surface area contributed by atoms with Crippen LogP contribution in [-0.2, 0) is 9.59 Å². The third-order valence-electron chi connectivity index (χ3n) is 5.34. The van der Waals surface area contributed by atoms with E-state index >= 15 is 0 Å². The molecule has 35 heavy (non-hydrogen) atoms. The minimum Gasteiger partial charge on any atom is -0.507 e. The molecule has 0 bridgehead atoms. The first-order valence-corrected chi connectivity index (χ1v) is 10.2. The number of carbonyl (C=O) groups is 2. The Labute approximate surface area is 196 Å². The first kappa shape index (κ1) is 23.8. The van der Waals surface area contributed by atoms with Crippen LogP contribution in [-0.4, -0.2) is 30.3 Å². The van der Waals surface area contributed by atoms with Gasteiger partial charge in [-0.3, -0.25) is 14.5 Å². The van der Waals surface area contributed by atoms with Gasteiger partial charge in [0.1, 0.15) is 23.1 Å². The van der Waals surface area contributed by atoms with Crippen LogP contribution < -0.4 is 14.4 Å². The predicted molar refractivity (Wildman–Crippen MR) is 117 cm³/mol. The topological polar surface area (TPSA) is 76.1 Å². The molecule has 1 heterocycles. The number of methoxy groups -OCH3 is 1. The Balaban J connectivity index is 1.83. The van der Waals surface area contributed by atoms with Crippen LogP contribution in [0.3, 0.4) is 0 Å². The van der Waals surface area contributed by atoms with Gasteiger partial charge in [-0.1, -0.05) is 12.1 Å². The third-order valence-corrected chi connectivity index (χ3v) is 5.34. The fraction of sp³-hybridized carbons (Fsp3) is 0.120. The van der Waals surface area contributed by atoms with E-state index in [0.717, 1.165) is 29.2 Å². The Hall–Kier alpha value is -4.34. The number of aliphatic hydroxyl groups excluding tert-OH is 1. The number of alkyl halides is 3. The quantitative estimate of drug-likeness (QED) is 0.227. The van der Waals surface area contributed by atoms with E-state index in [0.29, 0.717) is 11.3 Å². The average Bonchev–Trinajstić information content (AvgIpc) is 3.09. The molecule has 0 radical (unpaired) electrons. The SMILES string of the molecule is COc1ccc(/C(O)=C2/C(=O)C(=O)N(c3ccc(OC(F)(F)F)cc3)C2c2ccc(F)cc2)cc1. The van der Waals surface area contributed by atoms with Crippen molar-refractivity contribution in [1.82, 2.24) is 0 Å². The average molecular weight is 487 g/mol. The van der Waals surface area contributed by atoms with Crippen LogP contribution in [0.5, 0.6) is 11.5 Å². The van der Waals surface area contributed by atoms with Crippen LogP contribution in [0.4, 0.5) is 23.2 Å². The molecule has 1 N–H and O–H groups in total. The van der Waals surface area contributed by atoms with Gasteiger partial charge in [-0.15, -0.1) is 13.2 Å². The van der Waals surface area contributed by atoms with E-state index in [1.54, 1.807) is 12.1 Å². The van der Waals surface area contributed by atoms with Gasteiger partial charge >= 0.3 is 6.36 Å². The summed E-state index contributed by atoms with van der Waals surface area (Å²) in [7, 11) is 1.46. The molecule has 1 aliphatic rings. The summed E-state index contributed by atoms with van der Waals surface area (Å²) < 4.78 is 60.1. The minimum absolute atomic E-state index is 0.0738. The summed E-state index contributed by atoms with van der Waals surface area (Å²) in [5.74, 6) is -3.08. The lowest BCUT2D eigenvalue weighted by Crippen LogP contribution is -2.29. The molecule has 3 aromatic rings. The maximum Gasteiger partial charge on any atom is 0.573 e. The minimum atomic E-state index is -4.91. The van der Waals surface area contributed by atoms with E-state index in [9.17, 15) is 32.3 Å². The van der Waals surface area contributed by atoms with Crippen molar-refractivity contribution in [2.24, 2.45) is 0 Å². The van der Waals surface area contributed by atoms with Crippen LogP contribution in [0, 0.1) is 5.82 Å². The fourth-order valence-electron chi connectivity index (χ4n) is 3.77. The molecule has 6 nitrogen and oxygen atoms in total. The zero-order chi connectivity index (χ0) is 25.3. The Morgan fingerprint density at radius 3 is 2.00 bits per heavy atom. The van der Waals surface area contributed by atoms with Crippen molar-refractivity contribution < 1.29 is 41.7 Å². The second-order valence-corrected chi connectivity index (χ2v) is 7.49. The van der Waals surface area contributed by atoms with Gasteiger partial charge in [0.15, 0.2) is 0 Å². The lowest BCUT2D eigenvalue weighted by atomic mass is 9.95. The fourth-order valence-corrected chi connectivity index (χ4v) is 3.77. The number of nitrogens with zero attached hydrogens (tertiary/aromatic N) is 1. The van der Waals surface area contributed by atoms with Gasteiger partial charge in [-0.25, -0.2) is 4.39 Å². The summed E-state index contributed by atoms with van der Waals surface area (Å²) in [6.07, 6.45) is -4.91. The molecule has 0 spiro atoms. The van der Waals surface area contributed by atoms with Crippen molar-refractivity contribution in [1.29, 1.82) is 0 Å². The Bertz CT molecular complexity index is 1280. The molecule has 0 aliphatic carbocycles. The number of rotatable bonds is 5. The zero-order valence-corrected chi connectivity index (χ0v) is 18.0. The molecule has 4 rings (SSSR count). The molecule has 0 saturated carbocycles. The number of halogens is 4. The molecule has 1 amide bonds. The van der Waals surface area contributed by atoms with Gasteiger partial charge in [-0.2, -0.15) is 0 Å². The molecule has 1 unspecified atom stereocenters. The number of ether oxygens (including phenoxy) is 2. The number of hydrogen-bond acceptors (Lipinski definition) is 5.